The fourth-order valence-electron chi connectivity index (χ4n) is 2.54. The number of hydrogen-bond acceptors (Lipinski definition) is 2. The van der Waals surface area contributed by atoms with E-state index in [-0.39, 0.29) is 11.8 Å². The summed E-state index contributed by atoms with van der Waals surface area (Å²) in [4.78, 5) is 11.8. The highest BCUT2D eigenvalue weighted by atomic mass is 16.2. The highest BCUT2D eigenvalue weighted by Gasteiger charge is 2.25. The van der Waals surface area contributed by atoms with Crippen molar-refractivity contribution in [2.45, 2.75) is 19.8 Å². The molecule has 0 saturated heterocycles. The number of amides is 1. The first-order chi connectivity index (χ1) is 9.18. The molecule has 1 aromatic carbocycles. The van der Waals surface area contributed by atoms with Gasteiger partial charge in [0.25, 0.3) is 5.91 Å². The maximum Gasteiger partial charge on any atom is 0.253 e. The highest BCUT2D eigenvalue weighted by Crippen LogP contribution is 2.27. The maximum atomic E-state index is 11.8. The highest BCUT2D eigenvalue weighted by molar-refractivity contribution is 6.03. The van der Waals surface area contributed by atoms with Gasteiger partial charge in [0.15, 0.2) is 0 Å². The summed E-state index contributed by atoms with van der Waals surface area (Å²) in [6.07, 6.45) is 1.66. The van der Waals surface area contributed by atoms with Gasteiger partial charge < -0.3 is 4.57 Å². The Morgan fingerprint density at radius 1 is 1.11 bits per heavy atom. The van der Waals surface area contributed by atoms with Gasteiger partial charge in [-0.1, -0.05) is 18.2 Å². The van der Waals surface area contributed by atoms with Crippen LogP contribution in [0.5, 0.6) is 0 Å². The number of hydrazone groups is 1. The van der Waals surface area contributed by atoms with E-state index >= 15 is 0 Å². The minimum absolute atomic E-state index is 0.0742. The number of benzene rings is 1. The Morgan fingerprint density at radius 3 is 2.42 bits per heavy atom. The first-order valence-corrected chi connectivity index (χ1v) is 6.26. The Bertz CT molecular complexity index is 650. The van der Waals surface area contributed by atoms with Gasteiger partial charge in [0.2, 0.25) is 0 Å². The van der Waals surface area contributed by atoms with Crippen LogP contribution in [-0.2, 0) is 4.79 Å². The second kappa shape index (κ2) is 4.39. The molecule has 1 atom stereocenters. The van der Waals surface area contributed by atoms with Gasteiger partial charge in [-0.05, 0) is 37.6 Å². The number of para-hydroxylation sites is 1. The van der Waals surface area contributed by atoms with Gasteiger partial charge in [0.1, 0.15) is 5.92 Å². The first-order valence-electron chi connectivity index (χ1n) is 6.26. The third-order valence-electron chi connectivity index (χ3n) is 3.46. The second-order valence-electron chi connectivity index (χ2n) is 4.74. The lowest BCUT2D eigenvalue weighted by Gasteiger charge is -2.16. The lowest BCUT2D eigenvalue weighted by atomic mass is 9.98. The van der Waals surface area contributed by atoms with Crippen molar-refractivity contribution in [1.29, 1.82) is 0 Å². The molecule has 1 N–H and O–H groups in total. The summed E-state index contributed by atoms with van der Waals surface area (Å²) in [6.45, 7) is 4.12. The Morgan fingerprint density at radius 2 is 1.79 bits per heavy atom. The average Bonchev–Trinajstić information content (AvgIpc) is 2.96. The zero-order valence-electron chi connectivity index (χ0n) is 10.9. The van der Waals surface area contributed by atoms with Gasteiger partial charge in [-0.3, -0.25) is 4.79 Å². The number of carbonyl (C=O) groups excluding carboxylic acids is 1. The number of hydrogen-bond donors (Lipinski definition) is 1. The Hall–Kier alpha value is -2.36. The van der Waals surface area contributed by atoms with Gasteiger partial charge in [0.05, 0.1) is 0 Å². The van der Waals surface area contributed by atoms with Crippen LogP contribution in [0.3, 0.4) is 0 Å². The summed E-state index contributed by atoms with van der Waals surface area (Å²) in [5, 5.41) is 3.86. The van der Waals surface area contributed by atoms with E-state index in [0.717, 1.165) is 22.6 Å². The Balaban J connectivity index is 2.18. The van der Waals surface area contributed by atoms with Crippen LogP contribution >= 0.6 is 0 Å². The summed E-state index contributed by atoms with van der Waals surface area (Å²) >= 11 is 0. The number of aryl methyl sites for hydroxylation is 2. The van der Waals surface area contributed by atoms with Crippen LogP contribution in [0.2, 0.25) is 0 Å². The van der Waals surface area contributed by atoms with Crippen LogP contribution in [0.1, 0.15) is 22.9 Å². The minimum Gasteiger partial charge on any atom is -0.318 e. The van der Waals surface area contributed by atoms with E-state index in [9.17, 15) is 4.79 Å². The van der Waals surface area contributed by atoms with Gasteiger partial charge in [-0.15, -0.1) is 0 Å². The van der Waals surface area contributed by atoms with E-state index in [1.165, 1.54) is 0 Å². The maximum absolute atomic E-state index is 11.8. The quantitative estimate of drug-likeness (QED) is 0.877. The van der Waals surface area contributed by atoms with Gasteiger partial charge in [-0.25, -0.2) is 5.43 Å². The Labute approximate surface area is 111 Å². The molecule has 2 heterocycles. The van der Waals surface area contributed by atoms with Crippen LogP contribution in [0, 0.1) is 13.8 Å². The normalized spacial score (nSPS) is 17.8. The average molecular weight is 253 g/mol. The van der Waals surface area contributed by atoms with E-state index in [1.54, 1.807) is 6.21 Å². The van der Waals surface area contributed by atoms with Crippen LogP contribution in [0.15, 0.2) is 41.5 Å². The van der Waals surface area contributed by atoms with Gasteiger partial charge in [-0.2, -0.15) is 5.10 Å². The van der Waals surface area contributed by atoms with Crippen LogP contribution in [-0.4, -0.2) is 16.7 Å². The molecule has 0 spiro atoms. The zero-order chi connectivity index (χ0) is 13.4. The molecule has 19 heavy (non-hydrogen) atoms. The predicted molar refractivity (Wildman–Crippen MR) is 74.6 cm³/mol. The lowest BCUT2D eigenvalue weighted by molar-refractivity contribution is -0.120. The number of nitrogens with zero attached hydrogens (tertiary/aromatic N) is 2. The van der Waals surface area contributed by atoms with Crippen molar-refractivity contribution in [2.75, 3.05) is 0 Å². The molecule has 3 rings (SSSR count). The van der Waals surface area contributed by atoms with E-state index < -0.39 is 0 Å². The standard InChI is InChI=1S/C15H15N3O/c1-10-7-8-11(2)18(10)14-6-4-3-5-12(14)13-9-16-17-15(13)19/h3-9,13H,1-2H3,(H,17,19). The molecule has 1 aliphatic rings. The van der Waals surface area contributed by atoms with E-state index in [4.69, 9.17) is 0 Å². The SMILES string of the molecule is Cc1ccc(C)n1-c1ccccc1C1C=NNC1=O. The molecule has 0 bridgehead atoms. The molecule has 4 heteroatoms. The number of carbonyl (C=O) groups is 1. The molecular weight excluding hydrogens is 238 g/mol. The molecule has 0 saturated carbocycles. The summed E-state index contributed by atoms with van der Waals surface area (Å²) in [6, 6.07) is 12.1. The number of aromatic nitrogens is 1. The van der Waals surface area contributed by atoms with Crippen molar-refractivity contribution in [2.24, 2.45) is 5.10 Å². The van der Waals surface area contributed by atoms with Gasteiger partial charge in [0, 0.05) is 23.3 Å². The second-order valence-corrected chi connectivity index (χ2v) is 4.74. The van der Waals surface area contributed by atoms with E-state index in [0.29, 0.717) is 0 Å². The summed E-state index contributed by atoms with van der Waals surface area (Å²) < 4.78 is 2.16. The fourth-order valence-corrected chi connectivity index (χ4v) is 2.54. The third kappa shape index (κ3) is 1.85. The van der Waals surface area contributed by atoms with E-state index in [2.05, 4.69) is 41.1 Å². The van der Waals surface area contributed by atoms with Crippen molar-refractivity contribution >= 4 is 12.1 Å². The first kappa shape index (κ1) is 11.7. The molecule has 4 nitrogen and oxygen atoms in total. The Kier molecular flexibility index (Phi) is 2.71. The molecule has 0 fully saturated rings. The third-order valence-corrected chi connectivity index (χ3v) is 3.46. The van der Waals surface area contributed by atoms with Crippen molar-refractivity contribution in [3.05, 3.63) is 53.3 Å². The van der Waals surface area contributed by atoms with Crippen molar-refractivity contribution in [3.63, 3.8) is 0 Å². The summed E-state index contributed by atoms with van der Waals surface area (Å²) in [7, 11) is 0. The van der Waals surface area contributed by atoms with Crippen LogP contribution in [0.4, 0.5) is 0 Å². The number of rotatable bonds is 2. The van der Waals surface area contributed by atoms with E-state index in [1.807, 2.05) is 24.3 Å². The van der Waals surface area contributed by atoms with Crippen molar-refractivity contribution in [1.82, 2.24) is 9.99 Å². The molecule has 1 aromatic heterocycles. The topological polar surface area (TPSA) is 46.4 Å². The molecule has 2 aromatic rings. The fraction of sp³-hybridized carbons (Fsp3) is 0.200. The zero-order valence-corrected chi connectivity index (χ0v) is 10.9. The van der Waals surface area contributed by atoms with Crippen molar-refractivity contribution in [3.8, 4) is 5.69 Å². The molecular formula is C15H15N3O. The summed E-state index contributed by atoms with van der Waals surface area (Å²) in [5.74, 6) is -0.382. The van der Waals surface area contributed by atoms with Crippen molar-refractivity contribution < 1.29 is 4.79 Å². The molecule has 0 aliphatic carbocycles. The minimum atomic E-state index is -0.308. The molecule has 1 unspecified atom stereocenters. The van der Waals surface area contributed by atoms with Crippen LogP contribution in [0.25, 0.3) is 5.69 Å². The monoisotopic (exact) mass is 253 g/mol. The summed E-state index contributed by atoms with van der Waals surface area (Å²) in [5.41, 5.74) is 6.81. The molecule has 0 radical (unpaired) electrons. The molecule has 1 aliphatic heterocycles. The van der Waals surface area contributed by atoms with Gasteiger partial charge >= 0.3 is 0 Å². The number of nitrogens with one attached hydrogen (secondary N) is 1. The molecule has 96 valence electrons. The molecule has 1 amide bonds. The smallest absolute Gasteiger partial charge is 0.253 e. The van der Waals surface area contributed by atoms with Crippen LogP contribution < -0.4 is 5.43 Å². The largest absolute Gasteiger partial charge is 0.318 e. The lowest BCUT2D eigenvalue weighted by Crippen LogP contribution is -2.19. The predicted octanol–water partition coefficient (Wildman–Crippen LogP) is 2.29.